The first-order chi connectivity index (χ1) is 6.72. The lowest BCUT2D eigenvalue weighted by atomic mass is 10.2. The van der Waals surface area contributed by atoms with Crippen LogP contribution in [0.5, 0.6) is 0 Å². The Balaban J connectivity index is 2.72. The van der Waals surface area contributed by atoms with Gasteiger partial charge in [-0.25, -0.2) is 0 Å². The van der Waals surface area contributed by atoms with Gasteiger partial charge in [-0.15, -0.1) is 0 Å². The van der Waals surface area contributed by atoms with E-state index in [1.165, 1.54) is 12.3 Å². The summed E-state index contributed by atoms with van der Waals surface area (Å²) < 4.78 is 0. The average Bonchev–Trinajstić information content (AvgIpc) is 2.18. The Labute approximate surface area is 81.1 Å². The molecule has 0 spiro atoms. The smallest absolute Gasteiger partial charge is 0.307 e. The Hall–Kier alpha value is -2.15. The Bertz CT molecular complexity index is 405. The first-order valence-electron chi connectivity index (χ1n) is 3.96. The van der Waals surface area contributed by atoms with Gasteiger partial charge in [0.05, 0.1) is 12.0 Å². The van der Waals surface area contributed by atoms with Crippen molar-refractivity contribution in [3.63, 3.8) is 0 Å². The molecule has 0 atom stereocenters. The Morgan fingerprint density at radius 3 is 3.07 bits per heavy atom. The van der Waals surface area contributed by atoms with Crippen LogP contribution in [0.15, 0.2) is 24.5 Å². The molecule has 0 fully saturated rings. The van der Waals surface area contributed by atoms with E-state index in [4.69, 9.17) is 10.4 Å². The highest BCUT2D eigenvalue weighted by molar-refractivity contribution is 5.70. The predicted molar refractivity (Wildman–Crippen MR) is 50.2 cm³/mol. The van der Waals surface area contributed by atoms with E-state index in [1.54, 1.807) is 18.3 Å². The van der Waals surface area contributed by atoms with Crippen LogP contribution in [-0.2, 0) is 4.79 Å². The molecule has 0 amide bonds. The van der Waals surface area contributed by atoms with Crippen molar-refractivity contribution < 1.29 is 9.90 Å². The summed E-state index contributed by atoms with van der Waals surface area (Å²) in [5, 5.41) is 16.9. The lowest BCUT2D eigenvalue weighted by molar-refractivity contribution is -0.135. The van der Waals surface area contributed by atoms with Gasteiger partial charge in [-0.05, 0) is 11.6 Å². The molecule has 0 saturated heterocycles. The van der Waals surface area contributed by atoms with Gasteiger partial charge in [-0.2, -0.15) is 5.26 Å². The van der Waals surface area contributed by atoms with Crippen molar-refractivity contribution in [3.05, 3.63) is 35.7 Å². The number of nitriles is 1. The number of rotatable bonds is 3. The van der Waals surface area contributed by atoms with Crippen molar-refractivity contribution in [2.24, 2.45) is 0 Å². The summed E-state index contributed by atoms with van der Waals surface area (Å²) in [6, 6.07) is 3.60. The van der Waals surface area contributed by atoms with Crippen LogP contribution in [0.4, 0.5) is 0 Å². The number of hydrogen-bond acceptors (Lipinski definition) is 3. The third kappa shape index (κ3) is 3.07. The fourth-order valence-corrected chi connectivity index (χ4v) is 0.906. The SMILES string of the molecule is N#Cc1cncc(C=CCC(=O)O)c1. The van der Waals surface area contributed by atoms with E-state index in [1.807, 2.05) is 6.07 Å². The van der Waals surface area contributed by atoms with Gasteiger partial charge in [0.25, 0.3) is 0 Å². The second-order valence-corrected chi connectivity index (χ2v) is 2.62. The fourth-order valence-electron chi connectivity index (χ4n) is 0.906. The average molecular weight is 188 g/mol. The summed E-state index contributed by atoms with van der Waals surface area (Å²) in [7, 11) is 0. The summed E-state index contributed by atoms with van der Waals surface area (Å²) in [6.07, 6.45) is 6.13. The lowest BCUT2D eigenvalue weighted by Crippen LogP contribution is -1.89. The molecular formula is C10H8N2O2. The number of pyridine rings is 1. The maximum Gasteiger partial charge on any atom is 0.307 e. The first-order valence-corrected chi connectivity index (χ1v) is 3.96. The molecule has 0 aliphatic heterocycles. The van der Waals surface area contributed by atoms with E-state index < -0.39 is 5.97 Å². The van der Waals surface area contributed by atoms with Crippen LogP contribution in [-0.4, -0.2) is 16.1 Å². The topological polar surface area (TPSA) is 74.0 Å². The number of aromatic nitrogens is 1. The minimum atomic E-state index is -0.884. The molecule has 0 aliphatic carbocycles. The van der Waals surface area contributed by atoms with Crippen molar-refractivity contribution in [1.29, 1.82) is 5.26 Å². The van der Waals surface area contributed by atoms with E-state index in [2.05, 4.69) is 4.98 Å². The van der Waals surface area contributed by atoms with Crippen molar-refractivity contribution in [3.8, 4) is 6.07 Å². The van der Waals surface area contributed by atoms with Crippen LogP contribution in [0.1, 0.15) is 17.5 Å². The van der Waals surface area contributed by atoms with E-state index in [0.717, 1.165) is 5.56 Å². The Morgan fingerprint density at radius 1 is 1.64 bits per heavy atom. The molecule has 1 aromatic heterocycles. The maximum absolute atomic E-state index is 10.2. The minimum Gasteiger partial charge on any atom is -0.481 e. The van der Waals surface area contributed by atoms with Gasteiger partial charge in [0.2, 0.25) is 0 Å². The number of aliphatic carboxylic acids is 1. The Morgan fingerprint density at radius 2 is 2.43 bits per heavy atom. The number of nitrogens with zero attached hydrogens (tertiary/aromatic N) is 2. The third-order valence-corrected chi connectivity index (χ3v) is 1.49. The largest absolute Gasteiger partial charge is 0.481 e. The van der Waals surface area contributed by atoms with Crippen LogP contribution in [0, 0.1) is 11.3 Å². The zero-order valence-corrected chi connectivity index (χ0v) is 7.34. The van der Waals surface area contributed by atoms with Gasteiger partial charge in [-0.3, -0.25) is 9.78 Å². The zero-order chi connectivity index (χ0) is 10.4. The molecule has 4 nitrogen and oxygen atoms in total. The molecule has 0 aromatic carbocycles. The molecule has 1 N–H and O–H groups in total. The quantitative estimate of drug-likeness (QED) is 0.778. The van der Waals surface area contributed by atoms with E-state index in [0.29, 0.717) is 5.56 Å². The summed E-state index contributed by atoms with van der Waals surface area (Å²) in [5.74, 6) is -0.884. The zero-order valence-electron chi connectivity index (χ0n) is 7.34. The third-order valence-electron chi connectivity index (χ3n) is 1.49. The fraction of sp³-hybridized carbons (Fsp3) is 0.100. The highest BCUT2D eigenvalue weighted by Crippen LogP contribution is 2.04. The Kier molecular flexibility index (Phi) is 3.39. The second-order valence-electron chi connectivity index (χ2n) is 2.62. The maximum atomic E-state index is 10.2. The number of carboxylic acids is 1. The summed E-state index contributed by atoms with van der Waals surface area (Å²) in [5.41, 5.74) is 1.19. The van der Waals surface area contributed by atoms with Crippen LogP contribution in [0.3, 0.4) is 0 Å². The summed E-state index contributed by atoms with van der Waals surface area (Å²) >= 11 is 0. The monoisotopic (exact) mass is 188 g/mol. The molecule has 0 aliphatic rings. The normalized spacial score (nSPS) is 9.93. The van der Waals surface area contributed by atoms with Gasteiger partial charge in [0, 0.05) is 12.4 Å². The van der Waals surface area contributed by atoms with Gasteiger partial charge >= 0.3 is 5.97 Å². The van der Waals surface area contributed by atoms with Crippen molar-refractivity contribution in [2.75, 3.05) is 0 Å². The van der Waals surface area contributed by atoms with Crippen molar-refractivity contribution in [2.45, 2.75) is 6.42 Å². The molecular weight excluding hydrogens is 180 g/mol. The molecule has 14 heavy (non-hydrogen) atoms. The summed E-state index contributed by atoms with van der Waals surface area (Å²) in [4.78, 5) is 14.0. The van der Waals surface area contributed by atoms with E-state index in [9.17, 15) is 4.79 Å². The molecule has 1 rings (SSSR count). The number of carboxylic acid groups (broad SMARTS) is 1. The lowest BCUT2D eigenvalue weighted by Gasteiger charge is -1.92. The predicted octanol–water partition coefficient (Wildman–Crippen LogP) is 1.44. The van der Waals surface area contributed by atoms with E-state index >= 15 is 0 Å². The van der Waals surface area contributed by atoms with Gasteiger partial charge in [0.1, 0.15) is 6.07 Å². The molecule has 1 heterocycles. The van der Waals surface area contributed by atoms with Gasteiger partial charge in [0.15, 0.2) is 0 Å². The van der Waals surface area contributed by atoms with Gasteiger partial charge < -0.3 is 5.11 Å². The molecule has 70 valence electrons. The van der Waals surface area contributed by atoms with Crippen LogP contribution >= 0.6 is 0 Å². The molecule has 1 aromatic rings. The second kappa shape index (κ2) is 4.77. The van der Waals surface area contributed by atoms with Crippen molar-refractivity contribution >= 4 is 12.0 Å². The highest BCUT2D eigenvalue weighted by Gasteiger charge is 1.93. The van der Waals surface area contributed by atoms with Crippen molar-refractivity contribution in [1.82, 2.24) is 4.98 Å². The number of carbonyl (C=O) groups is 1. The number of hydrogen-bond donors (Lipinski definition) is 1. The minimum absolute atomic E-state index is 0.0310. The highest BCUT2D eigenvalue weighted by atomic mass is 16.4. The standard InChI is InChI=1S/C10H8N2O2/c11-5-9-4-8(6-12-7-9)2-1-3-10(13)14/h1-2,4,6-7H,3H2,(H,13,14). The molecule has 0 saturated carbocycles. The molecule has 0 unspecified atom stereocenters. The summed E-state index contributed by atoms with van der Waals surface area (Å²) in [6.45, 7) is 0. The molecule has 0 radical (unpaired) electrons. The van der Waals surface area contributed by atoms with Crippen LogP contribution in [0.25, 0.3) is 6.08 Å². The van der Waals surface area contributed by atoms with E-state index in [-0.39, 0.29) is 6.42 Å². The molecule has 0 bridgehead atoms. The van der Waals surface area contributed by atoms with Crippen LogP contribution in [0.2, 0.25) is 0 Å². The van der Waals surface area contributed by atoms with Crippen LogP contribution < -0.4 is 0 Å². The molecule has 4 heteroatoms. The van der Waals surface area contributed by atoms with Gasteiger partial charge in [-0.1, -0.05) is 12.2 Å². The first kappa shape index (κ1) is 9.93.